The Labute approximate surface area is 173 Å². The van der Waals surface area contributed by atoms with E-state index in [4.69, 9.17) is 4.98 Å². The third kappa shape index (κ3) is 3.06. The smallest absolute Gasteiger partial charge is 0.175 e. The second-order valence-corrected chi connectivity index (χ2v) is 9.23. The maximum absolute atomic E-state index is 13.9. The summed E-state index contributed by atoms with van der Waals surface area (Å²) in [7, 11) is -3.29. The Morgan fingerprint density at radius 2 is 1.63 bits per heavy atom. The highest BCUT2D eigenvalue weighted by atomic mass is 32.2. The molecule has 0 unspecified atom stereocenters. The topological polar surface area (TPSA) is 51.4 Å². The zero-order valence-corrected chi connectivity index (χ0v) is 16.9. The van der Waals surface area contributed by atoms with Crippen molar-refractivity contribution in [1.82, 2.24) is 9.38 Å². The van der Waals surface area contributed by atoms with E-state index in [1.807, 2.05) is 47.0 Å². The molecule has 0 aliphatic heterocycles. The van der Waals surface area contributed by atoms with E-state index in [2.05, 4.69) is 0 Å². The van der Waals surface area contributed by atoms with Crippen LogP contribution in [-0.4, -0.2) is 24.1 Å². The first-order valence-corrected chi connectivity index (χ1v) is 11.3. The van der Waals surface area contributed by atoms with Gasteiger partial charge in [-0.1, -0.05) is 48.5 Å². The van der Waals surface area contributed by atoms with Crippen LogP contribution in [0.4, 0.5) is 4.39 Å². The SMILES string of the molecule is CS(=O)(=O)c1ccc(-c2nc(-c3cccc(F)c3)n3ccc4ccccc4c23)cc1. The molecular formula is C24H17FN2O2S. The Balaban J connectivity index is 1.84. The molecule has 0 saturated carbocycles. The summed E-state index contributed by atoms with van der Waals surface area (Å²) in [6.07, 6.45) is 3.11. The summed E-state index contributed by atoms with van der Waals surface area (Å²) in [5.74, 6) is 0.293. The van der Waals surface area contributed by atoms with Gasteiger partial charge in [0.2, 0.25) is 0 Å². The molecule has 0 bridgehead atoms. The molecule has 2 aromatic heterocycles. The van der Waals surface area contributed by atoms with Crippen LogP contribution in [0.1, 0.15) is 0 Å². The summed E-state index contributed by atoms with van der Waals surface area (Å²) >= 11 is 0. The van der Waals surface area contributed by atoms with Gasteiger partial charge in [0.05, 0.1) is 16.1 Å². The largest absolute Gasteiger partial charge is 0.298 e. The lowest BCUT2D eigenvalue weighted by Crippen LogP contribution is -1.96. The molecule has 3 aromatic carbocycles. The summed E-state index contributed by atoms with van der Waals surface area (Å²) in [6, 6.07) is 23.0. The van der Waals surface area contributed by atoms with Gasteiger partial charge < -0.3 is 0 Å². The fourth-order valence-corrected chi connectivity index (χ4v) is 4.37. The van der Waals surface area contributed by atoms with Crippen molar-refractivity contribution in [3.8, 4) is 22.6 Å². The first-order valence-electron chi connectivity index (χ1n) is 9.38. The molecule has 0 fully saturated rings. The maximum atomic E-state index is 13.9. The van der Waals surface area contributed by atoms with Crippen molar-refractivity contribution in [1.29, 1.82) is 0 Å². The van der Waals surface area contributed by atoms with Crippen LogP contribution < -0.4 is 0 Å². The van der Waals surface area contributed by atoms with Crippen molar-refractivity contribution in [2.45, 2.75) is 4.90 Å². The third-order valence-corrected chi connectivity index (χ3v) is 6.30. The summed E-state index contributed by atoms with van der Waals surface area (Å²) < 4.78 is 39.5. The lowest BCUT2D eigenvalue weighted by atomic mass is 10.1. The fraction of sp³-hybridized carbons (Fsp3) is 0.0417. The average molecular weight is 416 g/mol. The highest BCUT2D eigenvalue weighted by Gasteiger charge is 2.18. The zero-order chi connectivity index (χ0) is 20.9. The number of sulfone groups is 1. The molecule has 0 aliphatic carbocycles. The number of hydrogen-bond acceptors (Lipinski definition) is 3. The Morgan fingerprint density at radius 3 is 2.37 bits per heavy atom. The van der Waals surface area contributed by atoms with Gasteiger partial charge in [-0.2, -0.15) is 0 Å². The van der Waals surface area contributed by atoms with Crippen molar-refractivity contribution in [2.75, 3.05) is 6.26 Å². The van der Waals surface area contributed by atoms with E-state index in [-0.39, 0.29) is 10.7 Å². The molecule has 30 heavy (non-hydrogen) atoms. The van der Waals surface area contributed by atoms with Crippen LogP contribution in [0.2, 0.25) is 0 Å². The maximum Gasteiger partial charge on any atom is 0.175 e. The number of imidazole rings is 1. The van der Waals surface area contributed by atoms with Crippen LogP contribution in [0, 0.1) is 5.82 Å². The highest BCUT2D eigenvalue weighted by Crippen LogP contribution is 2.34. The van der Waals surface area contributed by atoms with E-state index in [1.54, 1.807) is 30.3 Å². The third-order valence-electron chi connectivity index (χ3n) is 5.17. The van der Waals surface area contributed by atoms with Crippen LogP contribution in [0.25, 0.3) is 38.9 Å². The van der Waals surface area contributed by atoms with Crippen molar-refractivity contribution in [3.63, 3.8) is 0 Å². The number of pyridine rings is 1. The van der Waals surface area contributed by atoms with Crippen molar-refractivity contribution < 1.29 is 12.8 Å². The number of halogens is 1. The molecule has 2 heterocycles. The lowest BCUT2D eigenvalue weighted by molar-refractivity contribution is 0.602. The Morgan fingerprint density at radius 1 is 0.867 bits per heavy atom. The van der Waals surface area contributed by atoms with E-state index in [0.29, 0.717) is 17.1 Å². The monoisotopic (exact) mass is 416 g/mol. The van der Waals surface area contributed by atoms with E-state index in [9.17, 15) is 12.8 Å². The summed E-state index contributed by atoms with van der Waals surface area (Å²) in [5.41, 5.74) is 3.06. The molecular weight excluding hydrogens is 399 g/mol. The molecule has 0 aliphatic rings. The van der Waals surface area contributed by atoms with Gasteiger partial charge in [0.15, 0.2) is 9.84 Å². The average Bonchev–Trinajstić information content (AvgIpc) is 3.13. The van der Waals surface area contributed by atoms with E-state index in [1.165, 1.54) is 18.4 Å². The molecule has 5 aromatic rings. The van der Waals surface area contributed by atoms with Gasteiger partial charge in [-0.05, 0) is 35.7 Å². The number of hydrogen-bond donors (Lipinski definition) is 0. The predicted molar refractivity (Wildman–Crippen MR) is 117 cm³/mol. The molecule has 5 rings (SSSR count). The minimum atomic E-state index is -3.29. The number of rotatable bonds is 3. The van der Waals surface area contributed by atoms with Crippen LogP contribution in [0.15, 0.2) is 90.0 Å². The molecule has 0 radical (unpaired) electrons. The molecule has 0 atom stereocenters. The Kier molecular flexibility index (Phi) is 4.18. The first-order chi connectivity index (χ1) is 14.4. The first kappa shape index (κ1) is 18.5. The highest BCUT2D eigenvalue weighted by molar-refractivity contribution is 7.90. The quantitative estimate of drug-likeness (QED) is 0.398. The standard InChI is InChI=1S/C24H17FN2O2S/c1-30(28,29)20-11-9-17(10-12-20)22-23-21-8-3-2-5-16(21)13-14-27(23)24(26-22)18-6-4-7-19(25)15-18/h2-15H,1H3. The van der Waals surface area contributed by atoms with Crippen LogP contribution in [0.3, 0.4) is 0 Å². The number of nitrogens with zero attached hydrogens (tertiary/aromatic N) is 2. The van der Waals surface area contributed by atoms with Crippen molar-refractivity contribution >= 4 is 26.1 Å². The molecule has 0 N–H and O–H groups in total. The van der Waals surface area contributed by atoms with E-state index < -0.39 is 9.84 Å². The minimum absolute atomic E-state index is 0.255. The molecule has 148 valence electrons. The lowest BCUT2D eigenvalue weighted by Gasteiger charge is -2.06. The van der Waals surface area contributed by atoms with Gasteiger partial charge in [-0.3, -0.25) is 4.40 Å². The second kappa shape index (κ2) is 6.78. The predicted octanol–water partition coefficient (Wildman–Crippen LogP) is 5.36. The van der Waals surface area contributed by atoms with E-state index in [0.717, 1.165) is 21.9 Å². The number of benzene rings is 3. The minimum Gasteiger partial charge on any atom is -0.298 e. The summed E-state index contributed by atoms with van der Waals surface area (Å²) in [4.78, 5) is 5.11. The van der Waals surface area contributed by atoms with Gasteiger partial charge in [0, 0.05) is 29.0 Å². The summed E-state index contributed by atoms with van der Waals surface area (Å²) in [6.45, 7) is 0. The Bertz CT molecular complexity index is 1520. The van der Waals surface area contributed by atoms with Gasteiger partial charge in [-0.15, -0.1) is 0 Å². The zero-order valence-electron chi connectivity index (χ0n) is 16.1. The van der Waals surface area contributed by atoms with Gasteiger partial charge in [0.1, 0.15) is 11.6 Å². The molecule has 6 heteroatoms. The molecule has 0 amide bonds. The van der Waals surface area contributed by atoms with Crippen molar-refractivity contribution in [2.24, 2.45) is 0 Å². The van der Waals surface area contributed by atoms with E-state index >= 15 is 0 Å². The Hall–Kier alpha value is -3.51. The molecule has 0 spiro atoms. The normalized spacial score (nSPS) is 11.9. The number of fused-ring (bicyclic) bond motifs is 3. The van der Waals surface area contributed by atoms with Crippen LogP contribution in [0.5, 0.6) is 0 Å². The van der Waals surface area contributed by atoms with Gasteiger partial charge in [-0.25, -0.2) is 17.8 Å². The van der Waals surface area contributed by atoms with Crippen LogP contribution >= 0.6 is 0 Å². The summed E-state index contributed by atoms with van der Waals surface area (Å²) in [5, 5.41) is 2.07. The van der Waals surface area contributed by atoms with Crippen molar-refractivity contribution in [3.05, 3.63) is 90.9 Å². The fourth-order valence-electron chi connectivity index (χ4n) is 3.74. The second-order valence-electron chi connectivity index (χ2n) is 7.21. The van der Waals surface area contributed by atoms with Crippen LogP contribution in [-0.2, 0) is 9.84 Å². The van der Waals surface area contributed by atoms with Gasteiger partial charge >= 0.3 is 0 Å². The van der Waals surface area contributed by atoms with Gasteiger partial charge in [0.25, 0.3) is 0 Å². The molecule has 4 nitrogen and oxygen atoms in total. The number of aromatic nitrogens is 2. The molecule has 0 saturated heterocycles.